The van der Waals surface area contributed by atoms with Gasteiger partial charge in [-0.3, -0.25) is 4.79 Å². The second kappa shape index (κ2) is 4.84. The number of halogens is 1. The van der Waals surface area contributed by atoms with Gasteiger partial charge in [-0.05, 0) is 29.3 Å². The normalized spacial score (nSPS) is 23.4. The number of aryl methyl sites for hydroxylation is 1. The van der Waals surface area contributed by atoms with Crippen LogP contribution in [0.15, 0.2) is 10.7 Å². The second-order valence-corrected chi connectivity index (χ2v) is 5.73. The maximum absolute atomic E-state index is 11.4. The first-order valence-electron chi connectivity index (χ1n) is 6.03. The standard InChI is InChI=1S/C12H17BrN4O/c1-3-9-15-8(13)6-10(16-9)17-5-4-12(2,7-17)11(14)18/h6H,3-5,7H2,1-2H3,(H2,14,18). The molecule has 2 N–H and O–H groups in total. The third-order valence-corrected chi connectivity index (χ3v) is 3.84. The minimum atomic E-state index is -0.455. The molecule has 0 saturated carbocycles. The summed E-state index contributed by atoms with van der Waals surface area (Å²) in [5, 5.41) is 0. The van der Waals surface area contributed by atoms with Crippen LogP contribution in [-0.2, 0) is 11.2 Å². The Labute approximate surface area is 115 Å². The van der Waals surface area contributed by atoms with Crippen LogP contribution < -0.4 is 10.6 Å². The Balaban J connectivity index is 2.24. The summed E-state index contributed by atoms with van der Waals surface area (Å²) in [6, 6.07) is 1.88. The number of hydrogen-bond donors (Lipinski definition) is 1. The van der Waals surface area contributed by atoms with Crippen molar-refractivity contribution in [3.8, 4) is 0 Å². The lowest BCUT2D eigenvalue weighted by Crippen LogP contribution is -2.37. The second-order valence-electron chi connectivity index (χ2n) is 4.92. The summed E-state index contributed by atoms with van der Waals surface area (Å²) in [6.07, 6.45) is 1.55. The van der Waals surface area contributed by atoms with E-state index in [-0.39, 0.29) is 5.91 Å². The predicted octanol–water partition coefficient (Wildman–Crippen LogP) is 1.50. The summed E-state index contributed by atoms with van der Waals surface area (Å²) in [5.74, 6) is 1.42. The fourth-order valence-electron chi connectivity index (χ4n) is 2.13. The van der Waals surface area contributed by atoms with Crippen LogP contribution in [0.2, 0.25) is 0 Å². The van der Waals surface area contributed by atoms with Crippen LogP contribution in [-0.4, -0.2) is 29.0 Å². The Kier molecular flexibility index (Phi) is 3.56. The average Bonchev–Trinajstić information content (AvgIpc) is 2.72. The van der Waals surface area contributed by atoms with Crippen LogP contribution in [0.4, 0.5) is 5.82 Å². The zero-order chi connectivity index (χ0) is 13.3. The van der Waals surface area contributed by atoms with Gasteiger partial charge in [0.2, 0.25) is 5.91 Å². The third kappa shape index (κ3) is 2.48. The molecule has 5 nitrogen and oxygen atoms in total. The van der Waals surface area contributed by atoms with E-state index in [4.69, 9.17) is 5.73 Å². The summed E-state index contributed by atoms with van der Waals surface area (Å²) in [7, 11) is 0. The largest absolute Gasteiger partial charge is 0.369 e. The lowest BCUT2D eigenvalue weighted by molar-refractivity contribution is -0.125. The van der Waals surface area contributed by atoms with E-state index in [1.807, 2.05) is 19.9 Å². The molecule has 0 aromatic carbocycles. The van der Waals surface area contributed by atoms with E-state index >= 15 is 0 Å². The molecule has 98 valence electrons. The summed E-state index contributed by atoms with van der Waals surface area (Å²) >= 11 is 3.39. The van der Waals surface area contributed by atoms with Gasteiger partial charge in [0.25, 0.3) is 0 Å². The number of carbonyl (C=O) groups excluding carboxylic acids is 1. The molecule has 2 rings (SSSR count). The molecule has 0 aliphatic carbocycles. The monoisotopic (exact) mass is 312 g/mol. The maximum Gasteiger partial charge on any atom is 0.225 e. The van der Waals surface area contributed by atoms with Gasteiger partial charge >= 0.3 is 0 Å². The molecule has 1 fully saturated rings. The molecule has 1 saturated heterocycles. The molecule has 0 bridgehead atoms. The molecule has 0 spiro atoms. The number of aromatic nitrogens is 2. The Morgan fingerprint density at radius 2 is 2.33 bits per heavy atom. The van der Waals surface area contributed by atoms with Gasteiger partial charge in [-0.25, -0.2) is 9.97 Å². The molecular weight excluding hydrogens is 296 g/mol. The van der Waals surface area contributed by atoms with Crippen LogP contribution in [0, 0.1) is 5.41 Å². The SMILES string of the molecule is CCc1nc(Br)cc(N2CCC(C)(C(N)=O)C2)n1. The predicted molar refractivity (Wildman–Crippen MR) is 73.2 cm³/mol. The molecule has 1 aromatic rings. The van der Waals surface area contributed by atoms with Crippen molar-refractivity contribution in [1.82, 2.24) is 9.97 Å². The first kappa shape index (κ1) is 13.3. The van der Waals surface area contributed by atoms with Gasteiger partial charge in [-0.15, -0.1) is 0 Å². The van der Waals surface area contributed by atoms with Gasteiger partial charge in [0.1, 0.15) is 16.2 Å². The molecule has 2 heterocycles. The van der Waals surface area contributed by atoms with Crippen molar-refractivity contribution in [2.75, 3.05) is 18.0 Å². The van der Waals surface area contributed by atoms with Gasteiger partial charge in [0.15, 0.2) is 0 Å². The van der Waals surface area contributed by atoms with Crippen molar-refractivity contribution in [1.29, 1.82) is 0 Å². The van der Waals surface area contributed by atoms with Crippen molar-refractivity contribution in [2.45, 2.75) is 26.7 Å². The van der Waals surface area contributed by atoms with Gasteiger partial charge in [0.05, 0.1) is 5.41 Å². The van der Waals surface area contributed by atoms with Crippen molar-refractivity contribution in [2.24, 2.45) is 11.1 Å². The first-order valence-corrected chi connectivity index (χ1v) is 6.82. The lowest BCUT2D eigenvalue weighted by atomic mass is 9.89. The van der Waals surface area contributed by atoms with Crippen molar-refractivity contribution < 1.29 is 4.79 Å². The van der Waals surface area contributed by atoms with E-state index < -0.39 is 5.41 Å². The minimum absolute atomic E-state index is 0.242. The number of nitrogens with two attached hydrogens (primary N) is 1. The maximum atomic E-state index is 11.4. The Morgan fingerprint density at radius 3 is 2.89 bits per heavy atom. The van der Waals surface area contributed by atoms with Crippen LogP contribution in [0.25, 0.3) is 0 Å². The number of carbonyl (C=O) groups is 1. The average molecular weight is 313 g/mol. The van der Waals surface area contributed by atoms with E-state index in [1.165, 1.54) is 0 Å². The molecule has 18 heavy (non-hydrogen) atoms. The smallest absolute Gasteiger partial charge is 0.225 e. The molecule has 1 aliphatic heterocycles. The van der Waals surface area contributed by atoms with E-state index in [2.05, 4.69) is 30.8 Å². The van der Waals surface area contributed by atoms with E-state index in [0.717, 1.165) is 35.6 Å². The molecule has 1 unspecified atom stereocenters. The number of anilines is 1. The summed E-state index contributed by atoms with van der Waals surface area (Å²) in [4.78, 5) is 22.3. The molecular formula is C12H17BrN4O. The zero-order valence-corrected chi connectivity index (χ0v) is 12.2. The van der Waals surface area contributed by atoms with E-state index in [9.17, 15) is 4.79 Å². The van der Waals surface area contributed by atoms with Crippen LogP contribution in [0.1, 0.15) is 26.1 Å². The quantitative estimate of drug-likeness (QED) is 0.859. The first-order chi connectivity index (χ1) is 8.44. The van der Waals surface area contributed by atoms with Gasteiger partial charge in [0, 0.05) is 25.6 Å². The fourth-order valence-corrected chi connectivity index (χ4v) is 2.54. The highest BCUT2D eigenvalue weighted by Crippen LogP contribution is 2.32. The number of primary amides is 1. The third-order valence-electron chi connectivity index (χ3n) is 3.44. The van der Waals surface area contributed by atoms with Crippen LogP contribution >= 0.6 is 15.9 Å². The highest BCUT2D eigenvalue weighted by Gasteiger charge is 2.39. The van der Waals surface area contributed by atoms with Gasteiger partial charge in [-0.2, -0.15) is 0 Å². The zero-order valence-electron chi connectivity index (χ0n) is 10.6. The number of nitrogens with zero attached hydrogens (tertiary/aromatic N) is 3. The van der Waals surface area contributed by atoms with Crippen LogP contribution in [0.3, 0.4) is 0 Å². The van der Waals surface area contributed by atoms with Crippen molar-refractivity contribution in [3.05, 3.63) is 16.5 Å². The Hall–Kier alpha value is -1.17. The molecule has 1 amide bonds. The number of amides is 1. The van der Waals surface area contributed by atoms with Gasteiger partial charge in [-0.1, -0.05) is 6.92 Å². The van der Waals surface area contributed by atoms with Crippen LogP contribution in [0.5, 0.6) is 0 Å². The molecule has 0 radical (unpaired) electrons. The molecule has 1 aliphatic rings. The topological polar surface area (TPSA) is 72.1 Å². The Morgan fingerprint density at radius 1 is 1.61 bits per heavy atom. The Bertz CT molecular complexity index is 479. The molecule has 1 atom stereocenters. The highest BCUT2D eigenvalue weighted by atomic mass is 79.9. The number of rotatable bonds is 3. The van der Waals surface area contributed by atoms with E-state index in [0.29, 0.717) is 6.54 Å². The summed E-state index contributed by atoms with van der Waals surface area (Å²) < 4.78 is 0.775. The molecule has 6 heteroatoms. The highest BCUT2D eigenvalue weighted by molar-refractivity contribution is 9.10. The van der Waals surface area contributed by atoms with E-state index in [1.54, 1.807) is 0 Å². The van der Waals surface area contributed by atoms with Crippen molar-refractivity contribution in [3.63, 3.8) is 0 Å². The summed E-state index contributed by atoms with van der Waals surface area (Å²) in [6.45, 7) is 5.34. The minimum Gasteiger partial charge on any atom is -0.369 e. The van der Waals surface area contributed by atoms with Crippen molar-refractivity contribution >= 4 is 27.7 Å². The summed E-state index contributed by atoms with van der Waals surface area (Å²) in [5.41, 5.74) is 5.00. The molecule has 1 aromatic heterocycles. The number of hydrogen-bond acceptors (Lipinski definition) is 4. The lowest BCUT2D eigenvalue weighted by Gasteiger charge is -2.22. The fraction of sp³-hybridized carbons (Fsp3) is 0.583. The van der Waals surface area contributed by atoms with Gasteiger partial charge < -0.3 is 10.6 Å².